The molecule has 1 saturated heterocycles. The van der Waals surface area contributed by atoms with E-state index in [1.165, 1.54) is 57.2 Å². The molecule has 0 radical (unpaired) electrons. The van der Waals surface area contributed by atoms with Crippen molar-refractivity contribution in [1.29, 1.82) is 0 Å². The van der Waals surface area contributed by atoms with Crippen LogP contribution in [0.4, 0.5) is 0 Å². The molecular formula is C17H26N2O2. The summed E-state index contributed by atoms with van der Waals surface area (Å²) in [5.41, 5.74) is 0.604. The maximum atomic E-state index is 11.4. The zero-order chi connectivity index (χ0) is 14.7. The summed E-state index contributed by atoms with van der Waals surface area (Å²) in [7, 11) is 0. The maximum Gasteiger partial charge on any atom is 0.223 e. The Labute approximate surface area is 126 Å². The van der Waals surface area contributed by atoms with Gasteiger partial charge in [-0.2, -0.15) is 0 Å². The largest absolute Gasteiger partial charge is 0.503 e. The van der Waals surface area contributed by atoms with E-state index >= 15 is 0 Å². The van der Waals surface area contributed by atoms with Crippen molar-refractivity contribution in [3.63, 3.8) is 0 Å². The van der Waals surface area contributed by atoms with Crippen LogP contribution in [0.2, 0.25) is 0 Å². The second-order valence-corrected chi connectivity index (χ2v) is 6.81. The second kappa shape index (κ2) is 6.65. The molecule has 0 unspecified atom stereocenters. The van der Waals surface area contributed by atoms with Crippen LogP contribution in [-0.2, 0) is 6.54 Å². The highest BCUT2D eigenvalue weighted by atomic mass is 16.3. The molecule has 21 heavy (non-hydrogen) atoms. The molecular weight excluding hydrogens is 264 g/mol. The molecule has 0 spiro atoms. The van der Waals surface area contributed by atoms with Gasteiger partial charge in [-0.3, -0.25) is 9.69 Å². The zero-order valence-electron chi connectivity index (χ0n) is 12.7. The van der Waals surface area contributed by atoms with E-state index < -0.39 is 0 Å². The minimum absolute atomic E-state index is 0.200. The van der Waals surface area contributed by atoms with Crippen molar-refractivity contribution in [3.05, 3.63) is 28.2 Å². The van der Waals surface area contributed by atoms with Crippen molar-refractivity contribution in [1.82, 2.24) is 9.88 Å². The predicted octanol–water partition coefficient (Wildman–Crippen LogP) is 2.87. The fourth-order valence-corrected chi connectivity index (χ4v) is 3.94. The minimum atomic E-state index is -0.292. The molecule has 0 amide bonds. The molecule has 1 aromatic heterocycles. The number of likely N-dealkylation sites (tertiary alicyclic amines) is 1. The summed E-state index contributed by atoms with van der Waals surface area (Å²) in [5.74, 6) is 1.70. The van der Waals surface area contributed by atoms with Crippen LogP contribution in [0.5, 0.6) is 5.75 Å². The van der Waals surface area contributed by atoms with Gasteiger partial charge in [0.25, 0.3) is 0 Å². The van der Waals surface area contributed by atoms with Gasteiger partial charge in [-0.1, -0.05) is 25.7 Å². The minimum Gasteiger partial charge on any atom is -0.503 e. The number of aromatic nitrogens is 1. The molecule has 2 fully saturated rings. The van der Waals surface area contributed by atoms with Gasteiger partial charge in [0, 0.05) is 24.5 Å². The van der Waals surface area contributed by atoms with E-state index in [1.54, 1.807) is 0 Å². The number of aromatic amines is 1. The van der Waals surface area contributed by atoms with Crippen LogP contribution in [0.15, 0.2) is 17.1 Å². The molecule has 0 atom stereocenters. The SMILES string of the molecule is O=c1cc(CN2CCC(CC3CCCC3)CC2)[nH]cc1O. The van der Waals surface area contributed by atoms with Crippen LogP contribution in [0.1, 0.15) is 50.6 Å². The van der Waals surface area contributed by atoms with Gasteiger partial charge < -0.3 is 10.1 Å². The lowest BCUT2D eigenvalue weighted by atomic mass is 9.86. The molecule has 0 aromatic carbocycles. The van der Waals surface area contributed by atoms with E-state index in [1.807, 2.05) is 0 Å². The monoisotopic (exact) mass is 290 g/mol. The molecule has 1 aliphatic heterocycles. The fourth-order valence-electron chi connectivity index (χ4n) is 3.94. The lowest BCUT2D eigenvalue weighted by Gasteiger charge is -2.33. The van der Waals surface area contributed by atoms with Crippen LogP contribution < -0.4 is 5.43 Å². The highest BCUT2D eigenvalue weighted by Crippen LogP contribution is 2.33. The number of aromatic hydroxyl groups is 1. The van der Waals surface area contributed by atoms with Gasteiger partial charge in [-0.05, 0) is 44.2 Å². The fraction of sp³-hybridized carbons (Fsp3) is 0.706. The van der Waals surface area contributed by atoms with Gasteiger partial charge in [-0.25, -0.2) is 0 Å². The lowest BCUT2D eigenvalue weighted by Crippen LogP contribution is -2.34. The van der Waals surface area contributed by atoms with Crippen molar-refractivity contribution < 1.29 is 5.11 Å². The Balaban J connectivity index is 1.46. The van der Waals surface area contributed by atoms with Crippen molar-refractivity contribution in [2.24, 2.45) is 11.8 Å². The van der Waals surface area contributed by atoms with Crippen LogP contribution in [0.25, 0.3) is 0 Å². The Bertz CT molecular complexity index is 512. The Kier molecular flexibility index (Phi) is 4.63. The first-order valence-corrected chi connectivity index (χ1v) is 8.33. The third-order valence-electron chi connectivity index (χ3n) is 5.19. The molecule has 116 valence electrons. The van der Waals surface area contributed by atoms with Gasteiger partial charge in [0.05, 0.1) is 0 Å². The molecule has 1 aromatic rings. The lowest BCUT2D eigenvalue weighted by molar-refractivity contribution is 0.159. The summed E-state index contributed by atoms with van der Waals surface area (Å²) in [5, 5.41) is 9.26. The number of nitrogens with one attached hydrogen (secondary N) is 1. The molecule has 2 aliphatic rings. The average Bonchev–Trinajstić information content (AvgIpc) is 2.98. The van der Waals surface area contributed by atoms with Gasteiger partial charge in [0.1, 0.15) is 0 Å². The Morgan fingerprint density at radius 2 is 1.81 bits per heavy atom. The average molecular weight is 290 g/mol. The third-order valence-corrected chi connectivity index (χ3v) is 5.19. The first kappa shape index (κ1) is 14.6. The number of hydrogen-bond acceptors (Lipinski definition) is 3. The molecule has 4 heteroatoms. The number of hydrogen-bond donors (Lipinski definition) is 2. The molecule has 1 saturated carbocycles. The van der Waals surface area contributed by atoms with Crippen molar-refractivity contribution in [3.8, 4) is 5.75 Å². The highest BCUT2D eigenvalue weighted by Gasteiger charge is 2.24. The molecule has 3 rings (SSSR count). The van der Waals surface area contributed by atoms with Crippen LogP contribution in [0, 0.1) is 11.8 Å². The van der Waals surface area contributed by atoms with Gasteiger partial charge in [0.2, 0.25) is 5.43 Å². The maximum absolute atomic E-state index is 11.4. The van der Waals surface area contributed by atoms with Crippen LogP contribution >= 0.6 is 0 Å². The number of piperidine rings is 1. The zero-order valence-corrected chi connectivity index (χ0v) is 12.7. The number of nitrogens with zero attached hydrogens (tertiary/aromatic N) is 1. The molecule has 4 nitrogen and oxygen atoms in total. The number of H-pyrrole nitrogens is 1. The van der Waals surface area contributed by atoms with Crippen LogP contribution in [-0.4, -0.2) is 28.1 Å². The Morgan fingerprint density at radius 3 is 2.48 bits per heavy atom. The van der Waals surface area contributed by atoms with Crippen molar-refractivity contribution in [2.45, 2.75) is 51.5 Å². The Morgan fingerprint density at radius 1 is 1.14 bits per heavy atom. The Hall–Kier alpha value is -1.29. The van der Waals surface area contributed by atoms with E-state index in [4.69, 9.17) is 0 Å². The topological polar surface area (TPSA) is 56.3 Å². The first-order valence-electron chi connectivity index (χ1n) is 8.33. The smallest absolute Gasteiger partial charge is 0.223 e. The summed E-state index contributed by atoms with van der Waals surface area (Å²) in [6.45, 7) is 3.03. The van der Waals surface area contributed by atoms with Crippen molar-refractivity contribution >= 4 is 0 Å². The van der Waals surface area contributed by atoms with E-state index in [9.17, 15) is 9.90 Å². The summed E-state index contributed by atoms with van der Waals surface area (Å²) in [6.07, 6.45) is 11.2. The van der Waals surface area contributed by atoms with Gasteiger partial charge in [-0.15, -0.1) is 0 Å². The van der Waals surface area contributed by atoms with E-state index in [-0.39, 0.29) is 11.2 Å². The number of rotatable bonds is 4. The van der Waals surface area contributed by atoms with E-state index in [0.717, 1.165) is 37.2 Å². The molecule has 2 N–H and O–H groups in total. The normalized spacial score (nSPS) is 21.9. The highest BCUT2D eigenvalue weighted by molar-refractivity contribution is 5.18. The first-order chi connectivity index (χ1) is 10.2. The molecule has 2 heterocycles. The van der Waals surface area contributed by atoms with Crippen LogP contribution in [0.3, 0.4) is 0 Å². The van der Waals surface area contributed by atoms with E-state index in [0.29, 0.717) is 0 Å². The quantitative estimate of drug-likeness (QED) is 0.896. The molecule has 0 bridgehead atoms. The van der Waals surface area contributed by atoms with Crippen molar-refractivity contribution in [2.75, 3.05) is 13.1 Å². The summed E-state index contributed by atoms with van der Waals surface area (Å²) >= 11 is 0. The van der Waals surface area contributed by atoms with Gasteiger partial charge in [0.15, 0.2) is 5.75 Å². The van der Waals surface area contributed by atoms with Gasteiger partial charge >= 0.3 is 0 Å². The van der Waals surface area contributed by atoms with E-state index in [2.05, 4.69) is 9.88 Å². The summed E-state index contributed by atoms with van der Waals surface area (Å²) < 4.78 is 0. The predicted molar refractivity (Wildman–Crippen MR) is 83.3 cm³/mol. The second-order valence-electron chi connectivity index (χ2n) is 6.81. The summed E-state index contributed by atoms with van der Waals surface area (Å²) in [4.78, 5) is 16.9. The third kappa shape index (κ3) is 3.88. The summed E-state index contributed by atoms with van der Waals surface area (Å²) in [6, 6.07) is 1.51. The standard InChI is InChI=1S/C17H26N2O2/c20-16-10-15(18-11-17(16)21)12-19-7-5-14(6-8-19)9-13-3-1-2-4-13/h10-11,13-14,21H,1-9,12H2,(H,18,20). The number of pyridine rings is 1. The molecule has 1 aliphatic carbocycles.